The second kappa shape index (κ2) is 5.06. The minimum Gasteiger partial charge on any atom is -0.334 e. The van der Waals surface area contributed by atoms with Crippen molar-refractivity contribution in [2.75, 3.05) is 4.72 Å². The molecule has 3 aromatic rings. The van der Waals surface area contributed by atoms with Gasteiger partial charge < -0.3 is 4.57 Å². The van der Waals surface area contributed by atoms with Crippen LogP contribution >= 0.6 is 0 Å². The van der Waals surface area contributed by atoms with Crippen LogP contribution in [0.2, 0.25) is 0 Å². The Morgan fingerprint density at radius 1 is 1.18 bits per heavy atom. The van der Waals surface area contributed by atoms with E-state index >= 15 is 0 Å². The number of nitrogens with zero attached hydrogens (tertiary/aromatic N) is 2. The zero-order valence-corrected chi connectivity index (χ0v) is 12.2. The minimum absolute atomic E-state index is 0.0165. The van der Waals surface area contributed by atoms with E-state index in [9.17, 15) is 17.2 Å². The van der Waals surface area contributed by atoms with Gasteiger partial charge in [0.1, 0.15) is 10.5 Å². The highest BCUT2D eigenvalue weighted by Crippen LogP contribution is 2.25. The summed E-state index contributed by atoms with van der Waals surface area (Å²) in [6.07, 6.45) is 2.97. The van der Waals surface area contributed by atoms with Gasteiger partial charge in [-0.25, -0.2) is 22.2 Å². The highest BCUT2D eigenvalue weighted by molar-refractivity contribution is 7.93. The predicted octanol–water partition coefficient (Wildman–Crippen LogP) is 2.65. The third kappa shape index (κ3) is 2.41. The van der Waals surface area contributed by atoms with Crippen molar-refractivity contribution in [1.82, 2.24) is 9.55 Å². The van der Waals surface area contributed by atoms with Crippen molar-refractivity contribution in [2.45, 2.75) is 4.90 Å². The molecule has 0 amide bonds. The first-order valence-electron chi connectivity index (χ1n) is 6.26. The van der Waals surface area contributed by atoms with Crippen LogP contribution in [0, 0.1) is 11.6 Å². The molecular formula is C14H11F2N3O2S. The number of halogens is 2. The number of fused-ring (bicyclic) bond motifs is 1. The van der Waals surface area contributed by atoms with Gasteiger partial charge >= 0.3 is 0 Å². The van der Waals surface area contributed by atoms with Gasteiger partial charge in [0.15, 0.2) is 11.6 Å². The SMILES string of the molecule is Cn1cc(S(=O)(=O)Nc2ccc(F)c(F)c2)c2cccnc21. The first kappa shape index (κ1) is 14.5. The molecule has 1 N–H and O–H groups in total. The molecule has 0 saturated heterocycles. The molecule has 0 radical (unpaired) electrons. The molecule has 2 aromatic heterocycles. The Hall–Kier alpha value is -2.48. The number of nitrogens with one attached hydrogen (secondary N) is 1. The Balaban J connectivity index is 2.07. The van der Waals surface area contributed by atoms with Gasteiger partial charge in [0.2, 0.25) is 0 Å². The normalized spacial score (nSPS) is 11.8. The number of rotatable bonds is 3. The van der Waals surface area contributed by atoms with Crippen LogP contribution < -0.4 is 4.72 Å². The lowest BCUT2D eigenvalue weighted by Crippen LogP contribution is -2.13. The number of pyridine rings is 1. The first-order chi connectivity index (χ1) is 10.4. The standard InChI is InChI=1S/C14H11F2N3O2S/c1-19-8-13(10-3-2-6-17-14(10)19)22(20,21)18-9-4-5-11(15)12(16)7-9/h2-8,18H,1H3. The molecule has 0 fully saturated rings. The molecule has 0 aliphatic heterocycles. The smallest absolute Gasteiger partial charge is 0.264 e. The number of anilines is 1. The lowest BCUT2D eigenvalue weighted by Gasteiger charge is -2.07. The summed E-state index contributed by atoms with van der Waals surface area (Å²) >= 11 is 0. The maximum Gasteiger partial charge on any atom is 0.264 e. The van der Waals surface area contributed by atoms with Gasteiger partial charge in [-0.05, 0) is 24.3 Å². The Kier molecular flexibility index (Phi) is 3.32. The van der Waals surface area contributed by atoms with Gasteiger partial charge in [-0.1, -0.05) is 0 Å². The molecule has 0 saturated carbocycles. The number of hydrogen-bond acceptors (Lipinski definition) is 3. The Morgan fingerprint density at radius 3 is 2.68 bits per heavy atom. The molecular weight excluding hydrogens is 312 g/mol. The van der Waals surface area contributed by atoms with Crippen LogP contribution in [0.15, 0.2) is 47.6 Å². The fourth-order valence-corrected chi connectivity index (χ4v) is 3.45. The highest BCUT2D eigenvalue weighted by atomic mass is 32.2. The molecule has 0 aliphatic carbocycles. The summed E-state index contributed by atoms with van der Waals surface area (Å²) in [6, 6.07) is 6.05. The van der Waals surface area contributed by atoms with Gasteiger partial charge in [0.05, 0.1) is 5.69 Å². The van der Waals surface area contributed by atoms with Crippen molar-refractivity contribution < 1.29 is 17.2 Å². The molecule has 0 atom stereocenters. The van der Waals surface area contributed by atoms with E-state index in [2.05, 4.69) is 9.71 Å². The summed E-state index contributed by atoms with van der Waals surface area (Å²) in [4.78, 5) is 4.13. The van der Waals surface area contributed by atoms with Crippen molar-refractivity contribution in [2.24, 2.45) is 7.05 Å². The summed E-state index contributed by atoms with van der Waals surface area (Å²) in [5, 5.41) is 0.445. The molecule has 0 aliphatic rings. The number of aromatic nitrogens is 2. The maximum absolute atomic E-state index is 13.2. The topological polar surface area (TPSA) is 64.0 Å². The van der Waals surface area contributed by atoms with E-state index < -0.39 is 21.7 Å². The summed E-state index contributed by atoms with van der Waals surface area (Å²) in [5.41, 5.74) is 0.452. The number of aryl methyl sites for hydroxylation is 1. The van der Waals surface area contributed by atoms with Crippen LogP contribution in [-0.2, 0) is 17.1 Å². The Labute approximate surface area is 125 Å². The van der Waals surface area contributed by atoms with E-state index in [0.29, 0.717) is 11.0 Å². The van der Waals surface area contributed by atoms with Crippen LogP contribution in [0.25, 0.3) is 11.0 Å². The zero-order valence-electron chi connectivity index (χ0n) is 11.4. The summed E-state index contributed by atoms with van der Waals surface area (Å²) in [7, 11) is -2.28. The summed E-state index contributed by atoms with van der Waals surface area (Å²) < 4.78 is 54.8. The van der Waals surface area contributed by atoms with Crippen LogP contribution in [0.4, 0.5) is 14.5 Å². The molecule has 22 heavy (non-hydrogen) atoms. The van der Waals surface area contributed by atoms with Gasteiger partial charge in [-0.3, -0.25) is 4.72 Å². The van der Waals surface area contributed by atoms with E-state index in [-0.39, 0.29) is 10.6 Å². The monoisotopic (exact) mass is 323 g/mol. The summed E-state index contributed by atoms with van der Waals surface area (Å²) in [5.74, 6) is -2.17. The second-order valence-corrected chi connectivity index (χ2v) is 6.36. The fourth-order valence-electron chi connectivity index (χ4n) is 2.16. The van der Waals surface area contributed by atoms with E-state index in [4.69, 9.17) is 0 Å². The van der Waals surface area contributed by atoms with Crippen molar-refractivity contribution in [1.29, 1.82) is 0 Å². The lowest BCUT2D eigenvalue weighted by atomic mass is 10.3. The zero-order chi connectivity index (χ0) is 15.9. The number of hydrogen-bond donors (Lipinski definition) is 1. The second-order valence-electron chi connectivity index (χ2n) is 4.71. The molecule has 5 nitrogen and oxygen atoms in total. The first-order valence-corrected chi connectivity index (χ1v) is 7.75. The largest absolute Gasteiger partial charge is 0.334 e. The van der Waals surface area contributed by atoms with E-state index in [1.54, 1.807) is 29.9 Å². The fraction of sp³-hybridized carbons (Fsp3) is 0.0714. The third-order valence-corrected chi connectivity index (χ3v) is 4.57. The quantitative estimate of drug-likeness (QED) is 0.806. The summed E-state index contributed by atoms with van der Waals surface area (Å²) in [6.45, 7) is 0. The van der Waals surface area contributed by atoms with Crippen LogP contribution in [0.5, 0.6) is 0 Å². The van der Waals surface area contributed by atoms with Crippen LogP contribution in [0.1, 0.15) is 0 Å². The van der Waals surface area contributed by atoms with E-state index in [1.807, 2.05) is 0 Å². The number of sulfonamides is 1. The average Bonchev–Trinajstić information content (AvgIpc) is 2.81. The maximum atomic E-state index is 13.2. The molecule has 8 heteroatoms. The van der Waals surface area contributed by atoms with E-state index in [0.717, 1.165) is 18.2 Å². The van der Waals surface area contributed by atoms with Gasteiger partial charge in [0.25, 0.3) is 10.0 Å². The number of benzene rings is 1. The molecule has 2 heterocycles. The van der Waals surface area contributed by atoms with Crippen molar-refractivity contribution in [3.05, 3.63) is 54.4 Å². The average molecular weight is 323 g/mol. The Bertz CT molecular complexity index is 967. The van der Waals surface area contributed by atoms with Crippen LogP contribution in [-0.4, -0.2) is 18.0 Å². The molecule has 0 unspecified atom stereocenters. The van der Waals surface area contributed by atoms with Crippen LogP contribution in [0.3, 0.4) is 0 Å². The van der Waals surface area contributed by atoms with Crippen molar-refractivity contribution in [3.8, 4) is 0 Å². The highest BCUT2D eigenvalue weighted by Gasteiger charge is 2.21. The molecule has 0 bridgehead atoms. The van der Waals surface area contributed by atoms with Crippen molar-refractivity contribution in [3.63, 3.8) is 0 Å². The molecule has 1 aromatic carbocycles. The molecule has 0 spiro atoms. The van der Waals surface area contributed by atoms with Gasteiger partial charge in [0, 0.05) is 30.9 Å². The third-order valence-electron chi connectivity index (χ3n) is 3.16. The van der Waals surface area contributed by atoms with Gasteiger partial charge in [-0.2, -0.15) is 0 Å². The predicted molar refractivity (Wildman–Crippen MR) is 77.9 cm³/mol. The van der Waals surface area contributed by atoms with E-state index in [1.165, 1.54) is 6.20 Å². The minimum atomic E-state index is -3.95. The lowest BCUT2D eigenvalue weighted by molar-refractivity contribution is 0.509. The molecule has 114 valence electrons. The molecule has 3 rings (SSSR count). The van der Waals surface area contributed by atoms with Gasteiger partial charge in [-0.15, -0.1) is 0 Å². The van der Waals surface area contributed by atoms with Crippen molar-refractivity contribution >= 4 is 26.7 Å². The Morgan fingerprint density at radius 2 is 1.95 bits per heavy atom.